The van der Waals surface area contributed by atoms with Gasteiger partial charge < -0.3 is 10.2 Å². The van der Waals surface area contributed by atoms with Crippen LogP contribution >= 0.6 is 0 Å². The minimum absolute atomic E-state index is 0.183. The van der Waals surface area contributed by atoms with E-state index in [0.717, 1.165) is 11.1 Å². The van der Waals surface area contributed by atoms with Crippen LogP contribution in [0.1, 0.15) is 16.1 Å². The molecule has 6 heteroatoms. The van der Waals surface area contributed by atoms with Gasteiger partial charge in [0.2, 0.25) is 0 Å². The van der Waals surface area contributed by atoms with Crippen molar-refractivity contribution in [1.29, 1.82) is 0 Å². The standard InChI is InChI=1S/C18H18N4O2/c1-22(2)13-9-7-12(8-10-13)17(23)19-11-16-14-5-3-4-6-15(14)18(24)21-20-16/h3-10H,11H2,1-2H3,(H,19,23)(H,21,24). The van der Waals surface area contributed by atoms with E-state index in [1.54, 1.807) is 24.3 Å². The molecule has 122 valence electrons. The zero-order valence-electron chi connectivity index (χ0n) is 13.5. The maximum absolute atomic E-state index is 12.3. The van der Waals surface area contributed by atoms with Crippen molar-refractivity contribution in [3.8, 4) is 0 Å². The second-order valence-corrected chi connectivity index (χ2v) is 5.67. The summed E-state index contributed by atoms with van der Waals surface area (Å²) in [5.41, 5.74) is 2.00. The first kappa shape index (κ1) is 15.7. The molecule has 0 fully saturated rings. The Kier molecular flexibility index (Phi) is 4.29. The summed E-state index contributed by atoms with van der Waals surface area (Å²) in [6.45, 7) is 0.242. The molecule has 1 aromatic heterocycles. The molecule has 0 aliphatic rings. The third kappa shape index (κ3) is 3.12. The summed E-state index contributed by atoms with van der Waals surface area (Å²) in [6, 6.07) is 14.5. The van der Waals surface area contributed by atoms with Crippen LogP contribution in [0, 0.1) is 0 Å². The van der Waals surface area contributed by atoms with Crippen molar-refractivity contribution in [2.24, 2.45) is 0 Å². The first-order valence-electron chi connectivity index (χ1n) is 7.58. The van der Waals surface area contributed by atoms with Gasteiger partial charge in [-0.2, -0.15) is 5.10 Å². The second-order valence-electron chi connectivity index (χ2n) is 5.67. The van der Waals surface area contributed by atoms with Crippen LogP contribution in [0.15, 0.2) is 53.3 Å². The SMILES string of the molecule is CN(C)c1ccc(C(=O)NCc2n[nH]c(=O)c3ccccc23)cc1. The highest BCUT2D eigenvalue weighted by atomic mass is 16.1. The average molecular weight is 322 g/mol. The van der Waals surface area contributed by atoms with Crippen LogP contribution in [0.4, 0.5) is 5.69 Å². The molecule has 2 aromatic carbocycles. The molecule has 1 heterocycles. The van der Waals surface area contributed by atoms with Crippen LogP contribution in [-0.4, -0.2) is 30.2 Å². The van der Waals surface area contributed by atoms with E-state index < -0.39 is 0 Å². The van der Waals surface area contributed by atoms with E-state index in [1.807, 2.05) is 43.3 Å². The maximum Gasteiger partial charge on any atom is 0.272 e. The van der Waals surface area contributed by atoms with Gasteiger partial charge in [-0.05, 0) is 30.3 Å². The quantitative estimate of drug-likeness (QED) is 0.769. The van der Waals surface area contributed by atoms with Gasteiger partial charge in [0.15, 0.2) is 0 Å². The predicted octanol–water partition coefficient (Wildman–Crippen LogP) is 1.92. The van der Waals surface area contributed by atoms with Gasteiger partial charge in [0.1, 0.15) is 0 Å². The van der Waals surface area contributed by atoms with Gasteiger partial charge in [-0.15, -0.1) is 0 Å². The minimum Gasteiger partial charge on any atom is -0.378 e. The molecule has 6 nitrogen and oxygen atoms in total. The second kappa shape index (κ2) is 6.54. The van der Waals surface area contributed by atoms with Crippen LogP contribution in [0.3, 0.4) is 0 Å². The molecule has 1 amide bonds. The fourth-order valence-corrected chi connectivity index (χ4v) is 2.48. The maximum atomic E-state index is 12.3. The summed E-state index contributed by atoms with van der Waals surface area (Å²) in [5.74, 6) is -0.183. The van der Waals surface area contributed by atoms with E-state index in [4.69, 9.17) is 0 Å². The molecule has 3 rings (SSSR count). The van der Waals surface area contributed by atoms with E-state index in [1.165, 1.54) is 0 Å². The first-order valence-corrected chi connectivity index (χ1v) is 7.58. The van der Waals surface area contributed by atoms with Crippen molar-refractivity contribution < 1.29 is 4.79 Å². The van der Waals surface area contributed by atoms with E-state index in [9.17, 15) is 9.59 Å². The number of carbonyl (C=O) groups excluding carboxylic acids is 1. The average Bonchev–Trinajstić information content (AvgIpc) is 2.61. The third-order valence-electron chi connectivity index (χ3n) is 3.84. The van der Waals surface area contributed by atoms with Crippen molar-refractivity contribution in [2.75, 3.05) is 19.0 Å². The van der Waals surface area contributed by atoms with Crippen molar-refractivity contribution in [3.63, 3.8) is 0 Å². The first-order chi connectivity index (χ1) is 11.6. The molecule has 24 heavy (non-hydrogen) atoms. The number of hydrogen-bond acceptors (Lipinski definition) is 4. The van der Waals surface area contributed by atoms with Gasteiger partial charge in [-0.25, -0.2) is 5.10 Å². The van der Waals surface area contributed by atoms with Crippen LogP contribution in [-0.2, 0) is 6.54 Å². The lowest BCUT2D eigenvalue weighted by Crippen LogP contribution is -2.24. The van der Waals surface area contributed by atoms with Crippen molar-refractivity contribution in [2.45, 2.75) is 6.54 Å². The van der Waals surface area contributed by atoms with Crippen molar-refractivity contribution in [3.05, 3.63) is 70.1 Å². The van der Waals surface area contributed by atoms with Gasteiger partial charge in [0, 0.05) is 30.7 Å². The number of rotatable bonds is 4. The fraction of sp³-hybridized carbons (Fsp3) is 0.167. The molecule has 0 saturated heterocycles. The molecule has 0 unspecified atom stereocenters. The minimum atomic E-state index is -0.236. The molecule has 2 N–H and O–H groups in total. The van der Waals surface area contributed by atoms with Crippen molar-refractivity contribution >= 4 is 22.4 Å². The number of carbonyl (C=O) groups is 1. The largest absolute Gasteiger partial charge is 0.378 e. The Morgan fingerprint density at radius 1 is 1.08 bits per heavy atom. The van der Waals surface area contributed by atoms with E-state index in [2.05, 4.69) is 15.5 Å². The number of nitrogens with zero attached hydrogens (tertiary/aromatic N) is 2. The number of hydrogen-bond donors (Lipinski definition) is 2. The summed E-state index contributed by atoms with van der Waals surface area (Å²) in [4.78, 5) is 26.0. The van der Waals surface area contributed by atoms with Gasteiger partial charge in [-0.3, -0.25) is 9.59 Å². The van der Waals surface area contributed by atoms with E-state index >= 15 is 0 Å². The molecule has 3 aromatic rings. The number of H-pyrrole nitrogens is 1. The topological polar surface area (TPSA) is 78.1 Å². The molecule has 0 radical (unpaired) electrons. The molecule has 0 bridgehead atoms. The zero-order valence-corrected chi connectivity index (χ0v) is 13.5. The number of benzene rings is 2. The molecular weight excluding hydrogens is 304 g/mol. The van der Waals surface area contributed by atoms with E-state index in [0.29, 0.717) is 16.6 Å². The molecule has 0 spiro atoms. The lowest BCUT2D eigenvalue weighted by Gasteiger charge is -2.12. The van der Waals surface area contributed by atoms with Crippen LogP contribution < -0.4 is 15.8 Å². The number of aromatic amines is 1. The number of nitrogens with one attached hydrogen (secondary N) is 2. The summed E-state index contributed by atoms with van der Waals surface area (Å²) < 4.78 is 0. The fourth-order valence-electron chi connectivity index (χ4n) is 2.48. The van der Waals surface area contributed by atoms with E-state index in [-0.39, 0.29) is 18.0 Å². The lowest BCUT2D eigenvalue weighted by molar-refractivity contribution is 0.0950. The van der Waals surface area contributed by atoms with Crippen LogP contribution in [0.2, 0.25) is 0 Å². The van der Waals surface area contributed by atoms with Gasteiger partial charge in [0.25, 0.3) is 11.5 Å². The van der Waals surface area contributed by atoms with Gasteiger partial charge in [-0.1, -0.05) is 18.2 Å². The Morgan fingerprint density at radius 3 is 2.42 bits per heavy atom. The molecular formula is C18H18N4O2. The lowest BCUT2D eigenvalue weighted by atomic mass is 10.1. The molecule has 0 saturated carbocycles. The Hall–Kier alpha value is -3.15. The zero-order chi connectivity index (χ0) is 17.1. The number of anilines is 1. The van der Waals surface area contributed by atoms with Crippen molar-refractivity contribution in [1.82, 2.24) is 15.5 Å². The number of amides is 1. The normalized spacial score (nSPS) is 10.6. The van der Waals surface area contributed by atoms with Crippen LogP contribution in [0.25, 0.3) is 10.8 Å². The summed E-state index contributed by atoms with van der Waals surface area (Å²) in [6.07, 6.45) is 0. The summed E-state index contributed by atoms with van der Waals surface area (Å²) in [7, 11) is 3.89. The summed E-state index contributed by atoms with van der Waals surface area (Å²) in [5, 5.41) is 10.7. The molecule has 0 aliphatic carbocycles. The Labute approximate surface area is 139 Å². The third-order valence-corrected chi connectivity index (χ3v) is 3.84. The number of fused-ring (bicyclic) bond motifs is 1. The number of aromatic nitrogens is 2. The van der Waals surface area contributed by atoms with Gasteiger partial charge in [0.05, 0.1) is 17.6 Å². The molecule has 0 atom stereocenters. The smallest absolute Gasteiger partial charge is 0.272 e. The van der Waals surface area contributed by atoms with Crippen LogP contribution in [0.5, 0.6) is 0 Å². The molecule has 0 aliphatic heterocycles. The Bertz CT molecular complexity index is 930. The highest BCUT2D eigenvalue weighted by molar-refractivity contribution is 5.94. The highest BCUT2D eigenvalue weighted by Gasteiger charge is 2.09. The Balaban J connectivity index is 1.77. The predicted molar refractivity (Wildman–Crippen MR) is 94.3 cm³/mol. The monoisotopic (exact) mass is 322 g/mol. The van der Waals surface area contributed by atoms with Gasteiger partial charge >= 0.3 is 0 Å². The Morgan fingerprint density at radius 2 is 1.75 bits per heavy atom. The summed E-state index contributed by atoms with van der Waals surface area (Å²) >= 11 is 0. The highest BCUT2D eigenvalue weighted by Crippen LogP contribution is 2.14.